The average molecular weight is 403 g/mol. The molecular weight excluding hydrogens is 388 g/mol. The fourth-order valence-electron chi connectivity index (χ4n) is 3.92. The highest BCUT2D eigenvalue weighted by molar-refractivity contribution is 9.10. The van der Waals surface area contributed by atoms with E-state index in [4.69, 9.17) is 0 Å². The van der Waals surface area contributed by atoms with Crippen LogP contribution in [0, 0.1) is 0 Å². The Morgan fingerprint density at radius 2 is 1.62 bits per heavy atom. The second-order valence-electron chi connectivity index (χ2n) is 6.48. The molecule has 0 aliphatic carbocycles. The first-order valence-corrected chi connectivity index (χ1v) is 9.25. The number of para-hydroxylation sites is 2. The average Bonchev–Trinajstić information content (AvgIpc) is 3.24. The molecule has 0 spiro atoms. The number of ketones is 1. The van der Waals surface area contributed by atoms with Crippen LogP contribution in [0.2, 0.25) is 0 Å². The number of rotatable bonds is 2. The zero-order valence-corrected chi connectivity index (χ0v) is 15.4. The monoisotopic (exact) mass is 402 g/mol. The Bertz CT molecular complexity index is 1150. The van der Waals surface area contributed by atoms with E-state index < -0.39 is 5.54 Å². The quantitative estimate of drug-likeness (QED) is 0.466. The molecule has 0 saturated heterocycles. The predicted molar refractivity (Wildman–Crippen MR) is 108 cm³/mol. The van der Waals surface area contributed by atoms with Crippen LogP contribution in [-0.2, 0) is 5.54 Å². The van der Waals surface area contributed by atoms with E-state index in [1.165, 1.54) is 0 Å². The van der Waals surface area contributed by atoms with Gasteiger partial charge < -0.3 is 10.3 Å². The number of carbonyl (C=O) groups excluding carboxylic acids is 1. The fourth-order valence-corrected chi connectivity index (χ4v) is 4.40. The molecule has 126 valence electrons. The third-order valence-electron chi connectivity index (χ3n) is 5.11. The van der Waals surface area contributed by atoms with E-state index in [9.17, 15) is 4.79 Å². The number of nitrogens with one attached hydrogen (secondary N) is 2. The molecule has 0 saturated carbocycles. The van der Waals surface area contributed by atoms with Gasteiger partial charge >= 0.3 is 0 Å². The van der Waals surface area contributed by atoms with Gasteiger partial charge in [0.1, 0.15) is 0 Å². The van der Waals surface area contributed by atoms with E-state index in [1.54, 1.807) is 0 Å². The number of aromatic nitrogens is 1. The molecule has 5 rings (SSSR count). The Labute approximate surface area is 159 Å². The molecule has 1 aliphatic heterocycles. The number of benzene rings is 3. The number of hydrogen-bond donors (Lipinski definition) is 2. The van der Waals surface area contributed by atoms with Crippen LogP contribution in [0.5, 0.6) is 0 Å². The molecule has 26 heavy (non-hydrogen) atoms. The van der Waals surface area contributed by atoms with Gasteiger partial charge in [-0.25, -0.2) is 0 Å². The maximum Gasteiger partial charge on any atom is 0.199 e. The van der Waals surface area contributed by atoms with Crippen LogP contribution in [0.3, 0.4) is 0 Å². The number of Topliss-reactive ketones (excluding diaryl/α,β-unsaturated/α-hetero) is 1. The summed E-state index contributed by atoms with van der Waals surface area (Å²) in [4.78, 5) is 17.0. The summed E-state index contributed by atoms with van der Waals surface area (Å²) in [6.07, 6.45) is 1.94. The van der Waals surface area contributed by atoms with Crippen molar-refractivity contribution in [3.63, 3.8) is 0 Å². The summed E-state index contributed by atoms with van der Waals surface area (Å²) in [6.45, 7) is 0. The van der Waals surface area contributed by atoms with Gasteiger partial charge in [-0.05, 0) is 39.7 Å². The standard InChI is InChI=1S/C22H15BrN2O/c23-18-11-6-10-15-17(13-24-20(15)18)22(14-7-2-1-3-8-14)21(26)16-9-4-5-12-19(16)25-22/h1-13,24-25H. The molecule has 0 fully saturated rings. The second-order valence-corrected chi connectivity index (χ2v) is 7.33. The van der Waals surface area contributed by atoms with Gasteiger partial charge in [0.15, 0.2) is 11.3 Å². The van der Waals surface area contributed by atoms with E-state index in [0.29, 0.717) is 0 Å². The summed E-state index contributed by atoms with van der Waals surface area (Å²) in [5.74, 6) is 0.0696. The van der Waals surface area contributed by atoms with E-state index in [-0.39, 0.29) is 5.78 Å². The lowest BCUT2D eigenvalue weighted by Crippen LogP contribution is -2.39. The third kappa shape index (κ3) is 1.96. The third-order valence-corrected chi connectivity index (χ3v) is 5.77. The molecule has 0 amide bonds. The number of aromatic amines is 1. The molecule has 3 nitrogen and oxygen atoms in total. The zero-order chi connectivity index (χ0) is 17.7. The van der Waals surface area contributed by atoms with Gasteiger partial charge in [-0.1, -0.05) is 54.6 Å². The summed E-state index contributed by atoms with van der Waals surface area (Å²) < 4.78 is 0.979. The van der Waals surface area contributed by atoms with Crippen molar-refractivity contribution in [3.8, 4) is 0 Å². The van der Waals surface area contributed by atoms with E-state index >= 15 is 0 Å². The second kappa shape index (κ2) is 5.58. The Morgan fingerprint density at radius 1 is 0.846 bits per heavy atom. The van der Waals surface area contributed by atoms with Crippen molar-refractivity contribution in [2.24, 2.45) is 0 Å². The Morgan fingerprint density at radius 3 is 2.42 bits per heavy atom. The van der Waals surface area contributed by atoms with Gasteiger partial charge in [-0.2, -0.15) is 0 Å². The van der Waals surface area contributed by atoms with Gasteiger partial charge in [0.2, 0.25) is 0 Å². The Balaban J connectivity index is 1.85. The summed E-state index contributed by atoms with van der Waals surface area (Å²) in [7, 11) is 0. The van der Waals surface area contributed by atoms with Gasteiger partial charge in [-0.15, -0.1) is 0 Å². The van der Waals surface area contributed by atoms with Gasteiger partial charge in [0.05, 0.1) is 5.52 Å². The highest BCUT2D eigenvalue weighted by Gasteiger charge is 2.49. The molecule has 4 aromatic rings. The smallest absolute Gasteiger partial charge is 0.199 e. The minimum atomic E-state index is -0.940. The lowest BCUT2D eigenvalue weighted by atomic mass is 9.79. The molecule has 3 aromatic carbocycles. The Kier molecular flexibility index (Phi) is 3.31. The van der Waals surface area contributed by atoms with Gasteiger partial charge in [0, 0.05) is 32.9 Å². The Hall–Kier alpha value is -2.85. The molecule has 1 unspecified atom stereocenters. The topological polar surface area (TPSA) is 44.9 Å². The van der Waals surface area contributed by atoms with Gasteiger partial charge in [-0.3, -0.25) is 4.79 Å². The molecule has 4 heteroatoms. The van der Waals surface area contributed by atoms with E-state index in [1.807, 2.05) is 72.9 Å². The maximum absolute atomic E-state index is 13.7. The summed E-state index contributed by atoms with van der Waals surface area (Å²) in [6, 6.07) is 23.7. The van der Waals surface area contributed by atoms with Crippen molar-refractivity contribution < 1.29 is 4.79 Å². The first kappa shape index (κ1) is 15.4. The van der Waals surface area contributed by atoms with Crippen molar-refractivity contribution in [1.29, 1.82) is 0 Å². The lowest BCUT2D eigenvalue weighted by Gasteiger charge is -2.29. The van der Waals surface area contributed by atoms with Crippen molar-refractivity contribution in [2.75, 3.05) is 5.32 Å². The van der Waals surface area contributed by atoms with Crippen molar-refractivity contribution >= 4 is 38.3 Å². The van der Waals surface area contributed by atoms with Crippen molar-refractivity contribution in [2.45, 2.75) is 5.54 Å². The van der Waals surface area contributed by atoms with Crippen LogP contribution in [0.4, 0.5) is 5.69 Å². The molecule has 0 radical (unpaired) electrons. The van der Waals surface area contributed by atoms with Crippen molar-refractivity contribution in [1.82, 2.24) is 4.98 Å². The van der Waals surface area contributed by atoms with Crippen LogP contribution >= 0.6 is 15.9 Å². The number of H-pyrrole nitrogens is 1. The molecule has 0 bridgehead atoms. The summed E-state index contributed by atoms with van der Waals surface area (Å²) in [5.41, 5.74) is 3.50. The number of anilines is 1. The number of carbonyl (C=O) groups is 1. The SMILES string of the molecule is O=C1c2ccccc2NC1(c1ccccc1)c1c[nH]c2c(Br)cccc12. The molecular formula is C22H15BrN2O. The summed E-state index contributed by atoms with van der Waals surface area (Å²) in [5, 5.41) is 4.57. The van der Waals surface area contributed by atoms with E-state index in [0.717, 1.165) is 37.8 Å². The number of halogens is 1. The van der Waals surface area contributed by atoms with Crippen LogP contribution < -0.4 is 5.32 Å². The molecule has 1 atom stereocenters. The molecule has 1 aliphatic rings. The minimum absolute atomic E-state index is 0.0696. The van der Waals surface area contributed by atoms with Crippen LogP contribution in [0.15, 0.2) is 83.5 Å². The summed E-state index contributed by atoms with van der Waals surface area (Å²) >= 11 is 3.60. The lowest BCUT2D eigenvalue weighted by molar-refractivity contribution is 0.0941. The highest BCUT2D eigenvalue weighted by atomic mass is 79.9. The van der Waals surface area contributed by atoms with Crippen LogP contribution in [0.1, 0.15) is 21.5 Å². The first-order valence-electron chi connectivity index (χ1n) is 8.45. The maximum atomic E-state index is 13.7. The predicted octanol–water partition coefficient (Wildman–Crippen LogP) is 5.48. The van der Waals surface area contributed by atoms with Crippen LogP contribution in [0.25, 0.3) is 10.9 Å². The number of hydrogen-bond acceptors (Lipinski definition) is 2. The molecule has 1 aromatic heterocycles. The van der Waals surface area contributed by atoms with Gasteiger partial charge in [0.25, 0.3) is 0 Å². The number of fused-ring (bicyclic) bond motifs is 2. The van der Waals surface area contributed by atoms with Crippen molar-refractivity contribution in [3.05, 3.63) is 100 Å². The first-order chi connectivity index (χ1) is 12.7. The molecule has 2 heterocycles. The van der Waals surface area contributed by atoms with Crippen LogP contribution in [-0.4, -0.2) is 10.8 Å². The molecule has 2 N–H and O–H groups in total. The largest absolute Gasteiger partial charge is 0.365 e. The fraction of sp³-hybridized carbons (Fsp3) is 0.0455. The normalized spacial score (nSPS) is 18.7. The van der Waals surface area contributed by atoms with E-state index in [2.05, 4.69) is 32.3 Å². The highest BCUT2D eigenvalue weighted by Crippen LogP contribution is 2.46. The minimum Gasteiger partial charge on any atom is -0.365 e. The zero-order valence-electron chi connectivity index (χ0n) is 13.8.